The molecule has 9 heteroatoms. The molecular formula is C23H28N4O3S2. The van der Waals surface area contributed by atoms with Gasteiger partial charge in [0.2, 0.25) is 15.9 Å². The first-order valence-corrected chi connectivity index (χ1v) is 13.4. The molecule has 2 heterocycles. The summed E-state index contributed by atoms with van der Waals surface area (Å²) in [5.41, 5.74) is 2.56. The standard InChI is InChI=1S/C23H28N4O3S2/c1-2-27-21-12-11-19(32(29,30)26-13-7-4-8-14-26)15-20(21)25-23(27)31-17-22(28)24-16-18-9-5-3-6-10-18/h3,5-6,9-12,15H,2,4,7-8,13-14,16-17H2,1H3,(H,24,28). The Balaban J connectivity index is 1.48. The van der Waals surface area contributed by atoms with Crippen LogP contribution in [-0.2, 0) is 27.9 Å². The van der Waals surface area contributed by atoms with Gasteiger partial charge in [-0.3, -0.25) is 4.79 Å². The van der Waals surface area contributed by atoms with Crippen molar-refractivity contribution in [1.82, 2.24) is 19.2 Å². The molecule has 3 aromatic rings. The van der Waals surface area contributed by atoms with Crippen LogP contribution in [0.4, 0.5) is 0 Å². The smallest absolute Gasteiger partial charge is 0.243 e. The van der Waals surface area contributed by atoms with Gasteiger partial charge in [0.1, 0.15) is 0 Å². The molecule has 1 aliphatic heterocycles. The SMILES string of the molecule is CCn1c(SCC(=O)NCc2ccccc2)nc2cc(S(=O)(=O)N3CCCCC3)ccc21. The summed E-state index contributed by atoms with van der Waals surface area (Å²) in [6.45, 7) is 4.33. The van der Waals surface area contributed by atoms with E-state index in [1.165, 1.54) is 11.8 Å². The topological polar surface area (TPSA) is 84.3 Å². The van der Waals surface area contributed by atoms with Crippen molar-refractivity contribution in [2.75, 3.05) is 18.8 Å². The third-order valence-electron chi connectivity index (χ3n) is 5.62. The number of rotatable bonds is 8. The Labute approximate surface area is 193 Å². The second-order valence-corrected chi connectivity index (χ2v) is 10.7. The number of piperidine rings is 1. The maximum Gasteiger partial charge on any atom is 0.243 e. The molecular weight excluding hydrogens is 444 g/mol. The molecule has 0 saturated carbocycles. The maximum absolute atomic E-state index is 13.0. The lowest BCUT2D eigenvalue weighted by atomic mass is 10.2. The number of nitrogens with one attached hydrogen (secondary N) is 1. The molecule has 170 valence electrons. The van der Waals surface area contributed by atoms with Crippen LogP contribution in [0.3, 0.4) is 0 Å². The fourth-order valence-electron chi connectivity index (χ4n) is 3.90. The second kappa shape index (κ2) is 10.1. The number of thioether (sulfide) groups is 1. The third-order valence-corrected chi connectivity index (χ3v) is 8.49. The summed E-state index contributed by atoms with van der Waals surface area (Å²) in [6.07, 6.45) is 2.88. The first kappa shape index (κ1) is 22.8. The number of aryl methyl sites for hydroxylation is 1. The third kappa shape index (κ3) is 5.00. The zero-order chi connectivity index (χ0) is 22.6. The number of carbonyl (C=O) groups is 1. The number of hydrogen-bond donors (Lipinski definition) is 1. The van der Waals surface area contributed by atoms with Gasteiger partial charge in [-0.2, -0.15) is 4.31 Å². The van der Waals surface area contributed by atoms with Crippen molar-refractivity contribution in [2.45, 2.75) is 49.3 Å². The van der Waals surface area contributed by atoms with Gasteiger partial charge in [0.25, 0.3) is 0 Å². The Morgan fingerprint density at radius 3 is 2.56 bits per heavy atom. The molecule has 1 aromatic heterocycles. The highest BCUT2D eigenvalue weighted by Gasteiger charge is 2.26. The number of benzene rings is 2. The molecule has 32 heavy (non-hydrogen) atoms. The van der Waals surface area contributed by atoms with E-state index in [0.29, 0.717) is 36.9 Å². The predicted molar refractivity (Wildman–Crippen MR) is 127 cm³/mol. The van der Waals surface area contributed by atoms with Crippen molar-refractivity contribution in [3.8, 4) is 0 Å². The lowest BCUT2D eigenvalue weighted by molar-refractivity contribution is -0.118. The first-order valence-electron chi connectivity index (χ1n) is 10.9. The highest BCUT2D eigenvalue weighted by atomic mass is 32.2. The van der Waals surface area contributed by atoms with Crippen molar-refractivity contribution in [2.24, 2.45) is 0 Å². The van der Waals surface area contributed by atoms with E-state index in [1.807, 2.05) is 47.9 Å². The zero-order valence-electron chi connectivity index (χ0n) is 18.2. The molecule has 0 aliphatic carbocycles. The zero-order valence-corrected chi connectivity index (χ0v) is 19.8. The van der Waals surface area contributed by atoms with Gasteiger partial charge in [0, 0.05) is 26.2 Å². The first-order chi connectivity index (χ1) is 15.5. The average Bonchev–Trinajstić information content (AvgIpc) is 3.19. The van der Waals surface area contributed by atoms with Crippen LogP contribution in [-0.4, -0.2) is 47.0 Å². The lowest BCUT2D eigenvalue weighted by Crippen LogP contribution is -2.35. The summed E-state index contributed by atoms with van der Waals surface area (Å²) in [7, 11) is -3.51. The summed E-state index contributed by atoms with van der Waals surface area (Å²) in [4.78, 5) is 17.2. The van der Waals surface area contributed by atoms with Crippen LogP contribution in [0.25, 0.3) is 11.0 Å². The normalized spacial score (nSPS) is 15.2. The van der Waals surface area contributed by atoms with E-state index in [2.05, 4.69) is 10.3 Å². The van der Waals surface area contributed by atoms with E-state index in [1.54, 1.807) is 16.4 Å². The van der Waals surface area contributed by atoms with Gasteiger partial charge in [-0.05, 0) is 43.5 Å². The van der Waals surface area contributed by atoms with Gasteiger partial charge in [-0.15, -0.1) is 0 Å². The average molecular weight is 473 g/mol. The minimum Gasteiger partial charge on any atom is -0.351 e. The van der Waals surface area contributed by atoms with Crippen molar-refractivity contribution < 1.29 is 13.2 Å². The maximum atomic E-state index is 13.0. The molecule has 1 saturated heterocycles. The van der Waals surface area contributed by atoms with Crippen molar-refractivity contribution >= 4 is 38.7 Å². The van der Waals surface area contributed by atoms with Crippen LogP contribution >= 0.6 is 11.8 Å². The number of amides is 1. The van der Waals surface area contributed by atoms with Gasteiger partial charge < -0.3 is 9.88 Å². The molecule has 0 unspecified atom stereocenters. The Morgan fingerprint density at radius 1 is 1.09 bits per heavy atom. The minimum absolute atomic E-state index is 0.0677. The monoisotopic (exact) mass is 472 g/mol. The number of aromatic nitrogens is 2. The van der Waals surface area contributed by atoms with E-state index in [4.69, 9.17) is 0 Å². The van der Waals surface area contributed by atoms with Crippen molar-refractivity contribution in [1.29, 1.82) is 0 Å². The van der Waals surface area contributed by atoms with E-state index in [-0.39, 0.29) is 16.6 Å². The lowest BCUT2D eigenvalue weighted by Gasteiger charge is -2.25. The fraction of sp³-hybridized carbons (Fsp3) is 0.391. The van der Waals surface area contributed by atoms with E-state index in [9.17, 15) is 13.2 Å². The van der Waals surface area contributed by atoms with Gasteiger partial charge >= 0.3 is 0 Å². The molecule has 1 amide bonds. The van der Waals surface area contributed by atoms with E-state index >= 15 is 0 Å². The summed E-state index contributed by atoms with van der Waals surface area (Å²) in [5, 5.41) is 3.64. The van der Waals surface area contributed by atoms with Gasteiger partial charge in [-0.1, -0.05) is 48.5 Å². The number of carbonyl (C=O) groups excluding carboxylic acids is 1. The second-order valence-electron chi connectivity index (χ2n) is 7.80. The molecule has 1 aliphatic rings. The minimum atomic E-state index is -3.51. The number of nitrogens with zero attached hydrogens (tertiary/aromatic N) is 3. The van der Waals surface area contributed by atoms with E-state index in [0.717, 1.165) is 30.3 Å². The molecule has 0 spiro atoms. The highest BCUT2D eigenvalue weighted by molar-refractivity contribution is 7.99. The van der Waals surface area contributed by atoms with Crippen LogP contribution in [0.1, 0.15) is 31.7 Å². The van der Waals surface area contributed by atoms with Crippen LogP contribution in [0, 0.1) is 0 Å². The predicted octanol–water partition coefficient (Wildman–Crippen LogP) is 3.64. The summed E-state index contributed by atoms with van der Waals surface area (Å²) in [6, 6.07) is 14.9. The molecule has 2 aromatic carbocycles. The molecule has 1 N–H and O–H groups in total. The molecule has 4 rings (SSSR count). The summed E-state index contributed by atoms with van der Waals surface area (Å²) < 4.78 is 29.6. The molecule has 0 radical (unpaired) electrons. The van der Waals surface area contributed by atoms with Gasteiger partial charge in [0.15, 0.2) is 5.16 Å². The molecule has 1 fully saturated rings. The Morgan fingerprint density at radius 2 is 1.84 bits per heavy atom. The van der Waals surface area contributed by atoms with Gasteiger partial charge in [0.05, 0.1) is 21.7 Å². The Kier molecular flexibility index (Phi) is 7.17. The number of hydrogen-bond acceptors (Lipinski definition) is 5. The summed E-state index contributed by atoms with van der Waals surface area (Å²) in [5.74, 6) is 0.177. The highest BCUT2D eigenvalue weighted by Crippen LogP contribution is 2.28. The molecule has 7 nitrogen and oxygen atoms in total. The largest absolute Gasteiger partial charge is 0.351 e. The number of fused-ring (bicyclic) bond motifs is 1. The van der Waals surface area contributed by atoms with Crippen LogP contribution in [0.15, 0.2) is 58.6 Å². The quantitative estimate of drug-likeness (QED) is 0.506. The molecule has 0 atom stereocenters. The Bertz CT molecular complexity index is 1190. The Hall–Kier alpha value is -2.36. The fourth-order valence-corrected chi connectivity index (χ4v) is 6.34. The van der Waals surface area contributed by atoms with Crippen LogP contribution in [0.5, 0.6) is 0 Å². The summed E-state index contributed by atoms with van der Waals surface area (Å²) >= 11 is 1.36. The molecule has 0 bridgehead atoms. The van der Waals surface area contributed by atoms with Crippen molar-refractivity contribution in [3.63, 3.8) is 0 Å². The van der Waals surface area contributed by atoms with E-state index < -0.39 is 10.0 Å². The number of imidazole rings is 1. The van der Waals surface area contributed by atoms with Crippen LogP contribution in [0.2, 0.25) is 0 Å². The van der Waals surface area contributed by atoms with Crippen LogP contribution < -0.4 is 5.32 Å². The number of sulfonamides is 1. The van der Waals surface area contributed by atoms with Gasteiger partial charge in [-0.25, -0.2) is 13.4 Å². The van der Waals surface area contributed by atoms with Crippen molar-refractivity contribution in [3.05, 3.63) is 54.1 Å².